The van der Waals surface area contributed by atoms with Crippen molar-refractivity contribution in [2.45, 2.75) is 110 Å². The Hall–Kier alpha value is -0.0400. The van der Waals surface area contributed by atoms with Crippen LogP contribution in [0.4, 0.5) is 0 Å². The van der Waals surface area contributed by atoms with Crippen molar-refractivity contribution >= 4 is 0 Å². The maximum absolute atomic E-state index is 2.85. The van der Waals surface area contributed by atoms with Crippen molar-refractivity contribution in [1.82, 2.24) is 4.90 Å². The molecule has 0 aromatic rings. The number of nitrogens with zero attached hydrogens (tertiary/aromatic N) is 1. The molecule has 0 unspecified atom stereocenters. The van der Waals surface area contributed by atoms with Crippen molar-refractivity contribution in [2.75, 3.05) is 13.1 Å². The first-order valence-corrected chi connectivity index (χ1v) is 10.6. The fraction of sp³-hybridized carbons (Fsp3) is 1.00. The third kappa shape index (κ3) is 6.22. The van der Waals surface area contributed by atoms with Crippen molar-refractivity contribution in [3.05, 3.63) is 0 Å². The van der Waals surface area contributed by atoms with Gasteiger partial charge in [0.15, 0.2) is 0 Å². The van der Waals surface area contributed by atoms with E-state index in [1.54, 1.807) is 19.3 Å². The first-order valence-electron chi connectivity index (χ1n) is 10.6. The lowest BCUT2D eigenvalue weighted by Crippen LogP contribution is -2.39. The largest absolute Gasteiger partial charge is 0.300 e. The zero-order valence-electron chi connectivity index (χ0n) is 15.5. The molecule has 2 aliphatic carbocycles. The molecule has 2 fully saturated rings. The van der Waals surface area contributed by atoms with Crippen LogP contribution in [0, 0.1) is 11.8 Å². The first-order chi connectivity index (χ1) is 10.8. The SMILES string of the molecule is CCCCN(CCCC)C1CCC(CC2CCCCC2)CC1. The van der Waals surface area contributed by atoms with Crippen LogP contribution in [0.3, 0.4) is 0 Å². The molecule has 0 radical (unpaired) electrons. The Morgan fingerprint density at radius 3 is 1.77 bits per heavy atom. The Bertz CT molecular complexity index is 253. The number of rotatable bonds is 9. The average Bonchev–Trinajstić information content (AvgIpc) is 2.57. The van der Waals surface area contributed by atoms with Gasteiger partial charge in [-0.25, -0.2) is 0 Å². The third-order valence-corrected chi connectivity index (χ3v) is 6.32. The van der Waals surface area contributed by atoms with E-state index in [1.165, 1.54) is 83.7 Å². The molecule has 2 rings (SSSR count). The second-order valence-electron chi connectivity index (χ2n) is 8.16. The van der Waals surface area contributed by atoms with Crippen molar-refractivity contribution in [2.24, 2.45) is 11.8 Å². The lowest BCUT2D eigenvalue weighted by Gasteiger charge is -2.38. The Kier molecular flexibility index (Phi) is 8.89. The van der Waals surface area contributed by atoms with E-state index < -0.39 is 0 Å². The monoisotopic (exact) mass is 307 g/mol. The summed E-state index contributed by atoms with van der Waals surface area (Å²) in [5.74, 6) is 2.16. The van der Waals surface area contributed by atoms with Gasteiger partial charge in [0.25, 0.3) is 0 Å². The minimum Gasteiger partial charge on any atom is -0.300 e. The van der Waals surface area contributed by atoms with E-state index in [0.29, 0.717) is 0 Å². The Morgan fingerprint density at radius 1 is 0.682 bits per heavy atom. The molecule has 0 atom stereocenters. The van der Waals surface area contributed by atoms with Gasteiger partial charge >= 0.3 is 0 Å². The van der Waals surface area contributed by atoms with Crippen LogP contribution in [0.25, 0.3) is 0 Å². The minimum atomic E-state index is 0.917. The van der Waals surface area contributed by atoms with Crippen molar-refractivity contribution < 1.29 is 0 Å². The summed E-state index contributed by atoms with van der Waals surface area (Å²) in [6, 6.07) is 0.917. The van der Waals surface area contributed by atoms with Crippen LogP contribution in [-0.4, -0.2) is 24.0 Å². The molecule has 0 N–H and O–H groups in total. The van der Waals surface area contributed by atoms with E-state index in [0.717, 1.165) is 17.9 Å². The van der Waals surface area contributed by atoms with Gasteiger partial charge in [-0.2, -0.15) is 0 Å². The maximum atomic E-state index is 2.85. The van der Waals surface area contributed by atoms with Gasteiger partial charge in [-0.15, -0.1) is 0 Å². The minimum absolute atomic E-state index is 0.917. The zero-order chi connectivity index (χ0) is 15.6. The Labute approximate surface area is 140 Å². The first kappa shape index (κ1) is 18.3. The van der Waals surface area contributed by atoms with Crippen LogP contribution in [-0.2, 0) is 0 Å². The van der Waals surface area contributed by atoms with Gasteiger partial charge in [0.2, 0.25) is 0 Å². The molecule has 0 aromatic heterocycles. The normalized spacial score (nSPS) is 27.4. The molecule has 2 saturated carbocycles. The van der Waals surface area contributed by atoms with Gasteiger partial charge in [0, 0.05) is 6.04 Å². The summed E-state index contributed by atoms with van der Waals surface area (Å²) in [4.78, 5) is 2.85. The van der Waals surface area contributed by atoms with Crippen LogP contribution in [0.2, 0.25) is 0 Å². The van der Waals surface area contributed by atoms with E-state index in [-0.39, 0.29) is 0 Å². The van der Waals surface area contributed by atoms with E-state index in [2.05, 4.69) is 18.7 Å². The third-order valence-electron chi connectivity index (χ3n) is 6.32. The van der Waals surface area contributed by atoms with Gasteiger partial charge in [0.05, 0.1) is 0 Å². The maximum Gasteiger partial charge on any atom is 0.00954 e. The molecule has 22 heavy (non-hydrogen) atoms. The lowest BCUT2D eigenvalue weighted by molar-refractivity contribution is 0.121. The van der Waals surface area contributed by atoms with Gasteiger partial charge in [-0.05, 0) is 69.9 Å². The van der Waals surface area contributed by atoms with Gasteiger partial charge in [-0.3, -0.25) is 0 Å². The average molecular weight is 308 g/mol. The molecule has 0 aromatic carbocycles. The zero-order valence-corrected chi connectivity index (χ0v) is 15.5. The van der Waals surface area contributed by atoms with E-state index in [9.17, 15) is 0 Å². The number of unbranched alkanes of at least 4 members (excludes halogenated alkanes) is 2. The van der Waals surface area contributed by atoms with E-state index in [1.807, 2.05) is 0 Å². The fourth-order valence-electron chi connectivity index (χ4n) is 4.84. The quantitative estimate of drug-likeness (QED) is 0.475. The van der Waals surface area contributed by atoms with Crippen molar-refractivity contribution in [3.63, 3.8) is 0 Å². The second-order valence-corrected chi connectivity index (χ2v) is 8.16. The smallest absolute Gasteiger partial charge is 0.00954 e. The molecule has 1 nitrogen and oxygen atoms in total. The van der Waals surface area contributed by atoms with E-state index in [4.69, 9.17) is 0 Å². The van der Waals surface area contributed by atoms with Gasteiger partial charge in [0.1, 0.15) is 0 Å². The standard InChI is InChI=1S/C21H41N/c1-3-5-16-22(17-6-4-2)21-14-12-20(13-15-21)18-19-10-8-7-9-11-19/h19-21H,3-18H2,1-2H3. The van der Waals surface area contributed by atoms with Crippen LogP contribution >= 0.6 is 0 Å². The highest BCUT2D eigenvalue weighted by Crippen LogP contribution is 2.36. The highest BCUT2D eigenvalue weighted by atomic mass is 15.1. The molecule has 130 valence electrons. The summed E-state index contributed by atoms with van der Waals surface area (Å²) in [5.41, 5.74) is 0. The summed E-state index contributed by atoms with van der Waals surface area (Å²) in [5, 5.41) is 0. The molecule has 0 bridgehead atoms. The number of hydrogen-bond acceptors (Lipinski definition) is 1. The summed E-state index contributed by atoms with van der Waals surface area (Å²) in [6.45, 7) is 7.38. The van der Waals surface area contributed by atoms with Crippen molar-refractivity contribution in [1.29, 1.82) is 0 Å². The highest BCUT2D eigenvalue weighted by Gasteiger charge is 2.27. The lowest BCUT2D eigenvalue weighted by atomic mass is 9.76. The summed E-state index contributed by atoms with van der Waals surface area (Å²) in [6.07, 6.45) is 20.7. The van der Waals surface area contributed by atoms with Gasteiger partial charge in [-0.1, -0.05) is 58.8 Å². The highest BCUT2D eigenvalue weighted by molar-refractivity contribution is 4.81. The topological polar surface area (TPSA) is 3.24 Å². The molecule has 0 heterocycles. The van der Waals surface area contributed by atoms with Crippen molar-refractivity contribution in [3.8, 4) is 0 Å². The molecule has 2 aliphatic rings. The Morgan fingerprint density at radius 2 is 1.23 bits per heavy atom. The Balaban J connectivity index is 1.70. The van der Waals surface area contributed by atoms with E-state index >= 15 is 0 Å². The number of hydrogen-bond donors (Lipinski definition) is 0. The van der Waals surface area contributed by atoms with Crippen LogP contribution < -0.4 is 0 Å². The molecule has 1 heteroatoms. The summed E-state index contributed by atoms with van der Waals surface area (Å²) in [7, 11) is 0. The van der Waals surface area contributed by atoms with Crippen LogP contribution in [0.5, 0.6) is 0 Å². The molecular weight excluding hydrogens is 266 g/mol. The predicted molar refractivity (Wildman–Crippen MR) is 98.3 cm³/mol. The fourth-order valence-corrected chi connectivity index (χ4v) is 4.84. The summed E-state index contributed by atoms with van der Waals surface area (Å²) < 4.78 is 0. The second kappa shape index (κ2) is 10.7. The molecule has 0 aliphatic heterocycles. The molecule has 0 amide bonds. The molecule has 0 spiro atoms. The van der Waals surface area contributed by atoms with Gasteiger partial charge < -0.3 is 4.90 Å². The van der Waals surface area contributed by atoms with Crippen LogP contribution in [0.15, 0.2) is 0 Å². The summed E-state index contributed by atoms with van der Waals surface area (Å²) >= 11 is 0. The molecule has 0 saturated heterocycles. The predicted octanol–water partition coefficient (Wildman–Crippen LogP) is 6.42. The molecular formula is C21H41N. The van der Waals surface area contributed by atoms with Crippen LogP contribution in [0.1, 0.15) is 104 Å².